The highest BCUT2D eigenvalue weighted by Crippen LogP contribution is 2.25. The van der Waals surface area contributed by atoms with Crippen molar-refractivity contribution >= 4 is 55.1 Å². The van der Waals surface area contributed by atoms with Crippen LogP contribution in [0.5, 0.6) is 0 Å². The predicted molar refractivity (Wildman–Crippen MR) is 157 cm³/mol. The van der Waals surface area contributed by atoms with Crippen molar-refractivity contribution in [1.82, 2.24) is 14.7 Å². The first kappa shape index (κ1) is 36.0. The van der Waals surface area contributed by atoms with E-state index in [4.69, 9.17) is 14.2 Å². The number of carbonyl (C=O) groups excluding carboxylic acids is 5. The van der Waals surface area contributed by atoms with E-state index in [9.17, 15) is 24.0 Å². The number of thiol groups is 2. The van der Waals surface area contributed by atoms with Gasteiger partial charge in [0.05, 0.1) is 31.6 Å². The summed E-state index contributed by atoms with van der Waals surface area (Å²) in [5.74, 6) is -1.27. The van der Waals surface area contributed by atoms with Gasteiger partial charge in [-0.05, 0) is 26.2 Å². The molecule has 1 aliphatic rings. The van der Waals surface area contributed by atoms with Crippen LogP contribution in [0.15, 0.2) is 0 Å². The first-order valence-corrected chi connectivity index (χ1v) is 14.9. The molecule has 40 heavy (non-hydrogen) atoms. The minimum Gasteiger partial charge on any atom is -0.464 e. The van der Waals surface area contributed by atoms with Gasteiger partial charge in [-0.25, -0.2) is 4.79 Å². The second-order valence-electron chi connectivity index (χ2n) is 10.9. The largest absolute Gasteiger partial charge is 0.464 e. The van der Waals surface area contributed by atoms with Crippen molar-refractivity contribution < 1.29 is 38.2 Å². The Hall–Kier alpha value is -1.99. The van der Waals surface area contributed by atoms with Crippen molar-refractivity contribution in [2.75, 3.05) is 46.0 Å². The van der Waals surface area contributed by atoms with Crippen molar-refractivity contribution in [3.63, 3.8) is 0 Å². The van der Waals surface area contributed by atoms with Gasteiger partial charge in [0.1, 0.15) is 19.8 Å². The van der Waals surface area contributed by atoms with E-state index in [1.54, 1.807) is 13.8 Å². The van der Waals surface area contributed by atoms with E-state index in [1.807, 2.05) is 32.6 Å². The van der Waals surface area contributed by atoms with E-state index in [-0.39, 0.29) is 94.1 Å². The Kier molecular flexibility index (Phi) is 16.0. The Morgan fingerprint density at radius 2 is 1.32 bits per heavy atom. The summed E-state index contributed by atoms with van der Waals surface area (Å²) >= 11 is 8.39. The van der Waals surface area contributed by atoms with E-state index in [2.05, 4.69) is 25.3 Å². The molecule has 0 saturated carbocycles. The van der Waals surface area contributed by atoms with Gasteiger partial charge in [0.15, 0.2) is 0 Å². The highest BCUT2D eigenvalue weighted by Gasteiger charge is 2.42. The fraction of sp³-hybridized carbons (Fsp3) is 0.815. The van der Waals surface area contributed by atoms with Gasteiger partial charge in [-0.1, -0.05) is 27.7 Å². The number of rotatable bonds is 16. The third-order valence-electron chi connectivity index (χ3n) is 6.42. The Labute approximate surface area is 249 Å². The molecule has 0 aliphatic carbocycles. The number of amides is 3. The summed E-state index contributed by atoms with van der Waals surface area (Å²) in [6.07, 6.45) is 1.29. The summed E-state index contributed by atoms with van der Waals surface area (Å²) in [7, 11) is 0. The van der Waals surface area contributed by atoms with Crippen LogP contribution in [-0.4, -0.2) is 107 Å². The molecular formula is C27H47N3O8S2. The molecule has 2 atom stereocenters. The fourth-order valence-corrected chi connectivity index (χ4v) is 4.42. The van der Waals surface area contributed by atoms with E-state index < -0.39 is 23.6 Å². The molecule has 1 aliphatic heterocycles. The zero-order valence-electron chi connectivity index (χ0n) is 24.7. The maximum Gasteiger partial charge on any atom is 0.328 e. The number of carbonyl (C=O) groups is 5. The van der Waals surface area contributed by atoms with E-state index >= 15 is 0 Å². The summed E-state index contributed by atoms with van der Waals surface area (Å²) in [6.45, 7) is 11.6. The van der Waals surface area contributed by atoms with E-state index in [0.717, 1.165) is 4.90 Å². The molecule has 2 unspecified atom stereocenters. The monoisotopic (exact) mass is 605 g/mol. The number of hydrogen-bond donors (Lipinski definition) is 2. The second-order valence-corrected chi connectivity index (χ2v) is 12.7. The van der Waals surface area contributed by atoms with Crippen LogP contribution in [0.25, 0.3) is 0 Å². The molecule has 1 rings (SSSR count). The molecule has 0 N–H and O–H groups in total. The maximum atomic E-state index is 13.7. The Morgan fingerprint density at radius 3 is 1.85 bits per heavy atom. The number of nitrogens with zero attached hydrogens (tertiary/aromatic N) is 3. The molecule has 13 heteroatoms. The quantitative estimate of drug-likeness (QED) is 0.155. The zero-order chi connectivity index (χ0) is 30.5. The van der Waals surface area contributed by atoms with Crippen molar-refractivity contribution in [2.45, 2.75) is 89.8 Å². The molecule has 1 heterocycles. The van der Waals surface area contributed by atoms with Crippen molar-refractivity contribution in [2.24, 2.45) is 5.92 Å². The first-order chi connectivity index (χ1) is 18.6. The van der Waals surface area contributed by atoms with Crippen LogP contribution >= 0.6 is 25.3 Å². The zero-order valence-corrected chi connectivity index (χ0v) is 26.5. The molecule has 3 amide bonds. The molecule has 11 nitrogen and oxygen atoms in total. The normalized spacial score (nSPS) is 17.7. The summed E-state index contributed by atoms with van der Waals surface area (Å²) in [6, 6.07) is -0.586. The Balaban J connectivity index is 3.02. The molecule has 0 aromatic rings. The van der Waals surface area contributed by atoms with Gasteiger partial charge < -0.3 is 19.1 Å². The molecule has 0 aromatic carbocycles. The van der Waals surface area contributed by atoms with Gasteiger partial charge in [-0.2, -0.15) is 25.3 Å². The van der Waals surface area contributed by atoms with Crippen LogP contribution in [0.2, 0.25) is 0 Å². The minimum absolute atomic E-state index is 0.0352. The lowest BCUT2D eigenvalue weighted by atomic mass is 10.1. The number of urea groups is 1. The summed E-state index contributed by atoms with van der Waals surface area (Å²) in [4.78, 5) is 67.4. The van der Waals surface area contributed by atoms with Crippen LogP contribution in [0.4, 0.5) is 4.79 Å². The minimum atomic E-state index is -0.929. The van der Waals surface area contributed by atoms with E-state index in [0.29, 0.717) is 12.3 Å². The summed E-state index contributed by atoms with van der Waals surface area (Å²) in [5.41, 5.74) is -0.929. The van der Waals surface area contributed by atoms with Gasteiger partial charge in [0, 0.05) is 36.4 Å². The fourth-order valence-electron chi connectivity index (χ4n) is 4.12. The molecule has 0 aromatic heterocycles. The molecule has 1 saturated heterocycles. The molecule has 230 valence electrons. The van der Waals surface area contributed by atoms with Crippen LogP contribution in [0.3, 0.4) is 0 Å². The van der Waals surface area contributed by atoms with Gasteiger partial charge >= 0.3 is 23.9 Å². The Bertz CT molecular complexity index is 867. The van der Waals surface area contributed by atoms with Crippen LogP contribution in [-0.2, 0) is 33.4 Å². The SMILES string of the molecule is CC(C)CCC(=O)OCCN1C(=O)N(CCOC(=O)CC(C)S)C(=O)CCN(CCOC(=O)CC(C)S)C1(C)C. The Morgan fingerprint density at radius 1 is 0.825 bits per heavy atom. The standard InChI is InChI=1S/C27H47N3O8S2/c1-19(2)7-8-23(32)36-16-13-30-26(35)29(12-15-38-25(34)18-21(4)40)22(31)9-10-28(27(30,5)6)11-14-37-24(33)17-20(3)39/h19-21,39-40H,7-18H2,1-6H3. The smallest absolute Gasteiger partial charge is 0.328 e. The molecule has 0 bridgehead atoms. The number of imide groups is 1. The van der Waals surface area contributed by atoms with Crippen molar-refractivity contribution in [3.8, 4) is 0 Å². The number of ether oxygens (including phenoxy) is 3. The molecule has 1 fully saturated rings. The topological polar surface area (TPSA) is 123 Å². The van der Waals surface area contributed by atoms with E-state index in [1.165, 1.54) is 4.90 Å². The number of esters is 3. The molecule has 0 radical (unpaired) electrons. The van der Waals surface area contributed by atoms with Gasteiger partial charge in [-0.15, -0.1) is 0 Å². The predicted octanol–water partition coefficient (Wildman–Crippen LogP) is 3.16. The van der Waals surface area contributed by atoms with Crippen LogP contribution in [0, 0.1) is 5.92 Å². The summed E-state index contributed by atoms with van der Waals surface area (Å²) in [5, 5.41) is -0.310. The van der Waals surface area contributed by atoms with Crippen molar-refractivity contribution in [1.29, 1.82) is 0 Å². The maximum absolute atomic E-state index is 13.7. The third-order valence-corrected chi connectivity index (χ3v) is 6.79. The molecule has 0 spiro atoms. The lowest BCUT2D eigenvalue weighted by Crippen LogP contribution is -2.65. The number of hydrogen-bond acceptors (Lipinski definition) is 11. The lowest BCUT2D eigenvalue weighted by Gasteiger charge is -2.49. The third kappa shape index (κ3) is 13.1. The van der Waals surface area contributed by atoms with Gasteiger partial charge in [-0.3, -0.25) is 29.0 Å². The van der Waals surface area contributed by atoms with Crippen LogP contribution < -0.4 is 0 Å². The van der Waals surface area contributed by atoms with Gasteiger partial charge in [0.2, 0.25) is 5.91 Å². The molecular weight excluding hydrogens is 558 g/mol. The average molecular weight is 606 g/mol. The van der Waals surface area contributed by atoms with Gasteiger partial charge in [0.25, 0.3) is 0 Å². The van der Waals surface area contributed by atoms with Crippen molar-refractivity contribution in [3.05, 3.63) is 0 Å². The summed E-state index contributed by atoms with van der Waals surface area (Å²) < 4.78 is 15.9. The lowest BCUT2D eigenvalue weighted by molar-refractivity contribution is -0.148. The highest BCUT2D eigenvalue weighted by molar-refractivity contribution is 7.81. The average Bonchev–Trinajstić information content (AvgIpc) is 2.83. The first-order valence-electron chi connectivity index (χ1n) is 13.8. The highest BCUT2D eigenvalue weighted by atomic mass is 32.1. The second kappa shape index (κ2) is 17.7. The van der Waals surface area contributed by atoms with Crippen LogP contribution in [0.1, 0.15) is 73.6 Å².